The molecular weight excluding hydrogens is 541 g/mol. The van der Waals surface area contributed by atoms with Crippen LogP contribution in [0.25, 0.3) is 11.0 Å². The Morgan fingerprint density at radius 1 is 0.929 bits per heavy atom. The molecule has 5 aromatic rings. The Morgan fingerprint density at radius 3 is 2.12 bits per heavy atom. The van der Waals surface area contributed by atoms with Crippen molar-refractivity contribution in [3.05, 3.63) is 124 Å². The average molecular weight is 572 g/mol. The quantitative estimate of drug-likeness (QED) is 0.253. The third-order valence-electron chi connectivity index (χ3n) is 7.70. The minimum absolute atomic E-state index is 0.172. The van der Waals surface area contributed by atoms with Crippen LogP contribution in [-0.4, -0.2) is 58.8 Å². The molecule has 9 nitrogen and oxygen atoms in total. The van der Waals surface area contributed by atoms with E-state index in [0.717, 1.165) is 16.7 Å². The molecule has 4 atom stereocenters. The molecule has 42 heavy (non-hydrogen) atoms. The predicted molar refractivity (Wildman–Crippen MR) is 153 cm³/mol. The number of aromatic nitrogens is 3. The molecule has 1 aliphatic heterocycles. The lowest BCUT2D eigenvalue weighted by Gasteiger charge is -2.37. The van der Waals surface area contributed by atoms with Crippen LogP contribution >= 0.6 is 0 Å². The number of ether oxygens (including phenoxy) is 4. The highest BCUT2D eigenvalue weighted by Crippen LogP contribution is 2.43. The maximum Gasteiger partial charge on any atom is 0.276 e. The van der Waals surface area contributed by atoms with Crippen LogP contribution in [0.5, 0.6) is 11.5 Å². The topological polar surface area (TPSA) is 108 Å². The van der Waals surface area contributed by atoms with Crippen LogP contribution in [0.4, 0.5) is 4.39 Å². The number of benzene rings is 3. The van der Waals surface area contributed by atoms with E-state index >= 15 is 4.39 Å². The second kappa shape index (κ2) is 11.4. The summed E-state index contributed by atoms with van der Waals surface area (Å²) in [6.07, 6.45) is -2.67. The molecule has 0 amide bonds. The van der Waals surface area contributed by atoms with Gasteiger partial charge in [0.15, 0.2) is 17.9 Å². The van der Waals surface area contributed by atoms with Crippen molar-refractivity contribution in [1.29, 1.82) is 0 Å². The van der Waals surface area contributed by atoms with E-state index in [2.05, 4.69) is 9.97 Å². The summed E-state index contributed by atoms with van der Waals surface area (Å²) in [5, 5.41) is 10.9. The fourth-order valence-electron chi connectivity index (χ4n) is 5.53. The molecule has 0 radical (unpaired) electrons. The van der Waals surface area contributed by atoms with Gasteiger partial charge < -0.3 is 33.6 Å². The number of fused-ring (bicyclic) bond motifs is 1. The first-order valence-electron chi connectivity index (χ1n) is 13.5. The monoisotopic (exact) mass is 571 g/mol. The first-order chi connectivity index (χ1) is 20.5. The van der Waals surface area contributed by atoms with Crippen LogP contribution in [0.15, 0.2) is 102 Å². The van der Waals surface area contributed by atoms with Gasteiger partial charge in [0, 0.05) is 6.20 Å². The Hall–Kier alpha value is -4.51. The summed E-state index contributed by atoms with van der Waals surface area (Å²) in [7, 11) is 3.19. The fraction of sp³-hybridized carbons (Fsp3) is 0.250. The Labute approximate surface area is 241 Å². The molecular formula is C32H30FN3O6. The van der Waals surface area contributed by atoms with Crippen LogP contribution in [0.2, 0.25) is 0 Å². The third-order valence-corrected chi connectivity index (χ3v) is 7.70. The van der Waals surface area contributed by atoms with E-state index < -0.39 is 30.2 Å². The van der Waals surface area contributed by atoms with Crippen molar-refractivity contribution in [2.75, 3.05) is 20.8 Å². The number of aromatic amines is 1. The smallest absolute Gasteiger partial charge is 0.276 e. The van der Waals surface area contributed by atoms with Gasteiger partial charge in [-0.3, -0.25) is 4.79 Å². The number of hydrogen-bond acceptors (Lipinski definition) is 7. The zero-order valence-corrected chi connectivity index (χ0v) is 23.0. The summed E-state index contributed by atoms with van der Waals surface area (Å²) in [5.41, 5.74) is 1.40. The molecule has 1 fully saturated rings. The second-order valence-corrected chi connectivity index (χ2v) is 10.0. The number of aliphatic hydroxyl groups excluding tert-OH is 1. The molecule has 0 aliphatic carbocycles. The van der Waals surface area contributed by atoms with Gasteiger partial charge in [0.2, 0.25) is 0 Å². The van der Waals surface area contributed by atoms with Gasteiger partial charge in [0.25, 0.3) is 5.56 Å². The molecule has 0 saturated carbocycles. The standard InChI is InChI=1S/C32H30FN3O6/c1-39-23-12-8-21(9-13-23)32(20-6-4-3-5-7-20,22-10-14-24(40-2)15-11-22)41-18-26-27(33)29(37)31(42-26)36-19-35-28-25(36)16-17-34-30(28)38/h3-17,19,26-27,29,31,37H,18H2,1-2H3,(H,34,38)/t26-,27+,29-,31-/m1/s1. The van der Waals surface area contributed by atoms with E-state index in [1.165, 1.54) is 17.1 Å². The largest absolute Gasteiger partial charge is 0.497 e. The molecule has 216 valence electrons. The minimum atomic E-state index is -1.77. The number of aliphatic hydroxyl groups is 1. The summed E-state index contributed by atoms with van der Waals surface area (Å²) in [6, 6.07) is 26.3. The minimum Gasteiger partial charge on any atom is -0.497 e. The molecule has 0 bridgehead atoms. The highest BCUT2D eigenvalue weighted by molar-refractivity contribution is 5.73. The number of nitrogens with one attached hydrogen (secondary N) is 1. The molecule has 1 saturated heterocycles. The molecule has 0 unspecified atom stereocenters. The number of rotatable bonds is 9. The van der Waals surface area contributed by atoms with Crippen LogP contribution in [-0.2, 0) is 15.1 Å². The zero-order chi connectivity index (χ0) is 29.3. The lowest BCUT2D eigenvalue weighted by atomic mass is 9.80. The van der Waals surface area contributed by atoms with Crippen LogP contribution in [0.1, 0.15) is 22.9 Å². The van der Waals surface area contributed by atoms with Crippen LogP contribution in [0, 0.1) is 0 Å². The zero-order valence-electron chi connectivity index (χ0n) is 23.0. The maximum absolute atomic E-state index is 15.7. The van der Waals surface area contributed by atoms with Crippen molar-refractivity contribution >= 4 is 11.0 Å². The molecule has 0 spiro atoms. The first kappa shape index (κ1) is 27.6. The lowest BCUT2D eigenvalue weighted by molar-refractivity contribution is -0.0892. The van der Waals surface area contributed by atoms with E-state index in [0.29, 0.717) is 17.0 Å². The van der Waals surface area contributed by atoms with Gasteiger partial charge >= 0.3 is 0 Å². The van der Waals surface area contributed by atoms with Crippen LogP contribution in [0.3, 0.4) is 0 Å². The van der Waals surface area contributed by atoms with Gasteiger partial charge in [0.1, 0.15) is 29.3 Å². The first-order valence-corrected chi connectivity index (χ1v) is 13.5. The molecule has 3 heterocycles. The number of hydrogen-bond donors (Lipinski definition) is 2. The van der Waals surface area contributed by atoms with E-state index in [9.17, 15) is 9.90 Å². The maximum atomic E-state index is 15.7. The number of alkyl halides is 1. The van der Waals surface area contributed by atoms with Gasteiger partial charge in [-0.2, -0.15) is 0 Å². The molecule has 10 heteroatoms. The Balaban J connectivity index is 1.39. The number of pyridine rings is 1. The van der Waals surface area contributed by atoms with E-state index in [1.54, 1.807) is 20.3 Å². The van der Waals surface area contributed by atoms with Gasteiger partial charge in [-0.15, -0.1) is 0 Å². The number of halogens is 1. The van der Waals surface area contributed by atoms with E-state index in [4.69, 9.17) is 18.9 Å². The highest BCUT2D eigenvalue weighted by atomic mass is 19.1. The third kappa shape index (κ3) is 4.73. The number of nitrogens with zero attached hydrogens (tertiary/aromatic N) is 2. The summed E-state index contributed by atoms with van der Waals surface area (Å²) in [6.45, 7) is -0.200. The van der Waals surface area contributed by atoms with Gasteiger partial charge in [-0.25, -0.2) is 9.37 Å². The molecule has 2 aromatic heterocycles. The summed E-state index contributed by atoms with van der Waals surface area (Å²) in [4.78, 5) is 18.9. The summed E-state index contributed by atoms with van der Waals surface area (Å²) in [5.74, 6) is 1.35. The Morgan fingerprint density at radius 2 is 1.52 bits per heavy atom. The number of H-pyrrole nitrogens is 1. The average Bonchev–Trinajstić information content (AvgIpc) is 3.59. The molecule has 1 aliphatic rings. The van der Waals surface area contributed by atoms with E-state index in [1.807, 2.05) is 78.9 Å². The summed E-state index contributed by atoms with van der Waals surface area (Å²) < 4.78 is 40.8. The predicted octanol–water partition coefficient (Wildman–Crippen LogP) is 4.35. The number of methoxy groups -OCH3 is 2. The molecule has 3 aromatic carbocycles. The van der Waals surface area contributed by atoms with Crippen molar-refractivity contribution in [2.24, 2.45) is 0 Å². The van der Waals surface area contributed by atoms with Crippen LogP contribution < -0.4 is 15.0 Å². The Bertz CT molecular complexity index is 1660. The second-order valence-electron chi connectivity index (χ2n) is 10.0. The normalized spacial score (nSPS) is 20.6. The van der Waals surface area contributed by atoms with Gasteiger partial charge in [0.05, 0.1) is 32.7 Å². The SMILES string of the molecule is COc1ccc(C(OC[C@H]2O[C@@H](n3cnc4c(=O)[nH]ccc43)[C@H](O)[C@H]2F)(c2ccccc2)c2ccc(OC)cc2)cc1. The van der Waals surface area contributed by atoms with Crippen molar-refractivity contribution in [3.63, 3.8) is 0 Å². The van der Waals surface area contributed by atoms with Crippen molar-refractivity contribution in [1.82, 2.24) is 14.5 Å². The van der Waals surface area contributed by atoms with Gasteiger partial charge in [-0.1, -0.05) is 54.6 Å². The Kier molecular flexibility index (Phi) is 7.51. The van der Waals surface area contributed by atoms with Crippen molar-refractivity contribution in [2.45, 2.75) is 30.2 Å². The van der Waals surface area contributed by atoms with Gasteiger partial charge in [-0.05, 0) is 47.0 Å². The van der Waals surface area contributed by atoms with E-state index in [-0.39, 0.29) is 17.7 Å². The van der Waals surface area contributed by atoms with Crippen molar-refractivity contribution < 1.29 is 28.4 Å². The summed E-state index contributed by atoms with van der Waals surface area (Å²) >= 11 is 0. The lowest BCUT2D eigenvalue weighted by Crippen LogP contribution is -2.38. The fourth-order valence-corrected chi connectivity index (χ4v) is 5.53. The highest BCUT2D eigenvalue weighted by Gasteiger charge is 2.47. The molecule has 2 N–H and O–H groups in total. The molecule has 6 rings (SSSR count). The number of imidazole rings is 1. The van der Waals surface area contributed by atoms with Crippen molar-refractivity contribution in [3.8, 4) is 11.5 Å².